The Balaban J connectivity index is 2.49. The molecule has 19 heavy (non-hydrogen) atoms. The van der Waals surface area contributed by atoms with Crippen LogP contribution < -0.4 is 10.1 Å². The van der Waals surface area contributed by atoms with Crippen LogP contribution in [0.4, 0.5) is 0 Å². The molecule has 1 rings (SSSR count). The van der Waals surface area contributed by atoms with E-state index in [-0.39, 0.29) is 11.6 Å². The number of pyridine rings is 1. The Kier molecular flexibility index (Phi) is 5.78. The van der Waals surface area contributed by atoms with Crippen molar-refractivity contribution in [3.63, 3.8) is 0 Å². The molecule has 6 heteroatoms. The number of carbonyl (C=O) groups excluding carboxylic acids is 1. The van der Waals surface area contributed by atoms with Crippen molar-refractivity contribution >= 4 is 11.9 Å². The van der Waals surface area contributed by atoms with Gasteiger partial charge in [0.05, 0.1) is 6.20 Å². The van der Waals surface area contributed by atoms with E-state index in [4.69, 9.17) is 9.84 Å². The summed E-state index contributed by atoms with van der Waals surface area (Å²) < 4.78 is 5.37. The lowest BCUT2D eigenvalue weighted by atomic mass is 10.3. The second kappa shape index (κ2) is 7.35. The zero-order valence-electron chi connectivity index (χ0n) is 11.0. The molecule has 0 saturated carbocycles. The van der Waals surface area contributed by atoms with Gasteiger partial charge in [-0.05, 0) is 25.5 Å². The molecule has 0 spiro atoms. The van der Waals surface area contributed by atoms with Crippen molar-refractivity contribution in [1.29, 1.82) is 0 Å². The fourth-order valence-electron chi connectivity index (χ4n) is 1.37. The van der Waals surface area contributed by atoms with Crippen molar-refractivity contribution in [2.75, 3.05) is 6.54 Å². The van der Waals surface area contributed by atoms with Crippen molar-refractivity contribution in [2.24, 2.45) is 0 Å². The summed E-state index contributed by atoms with van der Waals surface area (Å²) in [6.07, 6.45) is 2.58. The Morgan fingerprint density at radius 2 is 2.21 bits per heavy atom. The van der Waals surface area contributed by atoms with Gasteiger partial charge in [-0.15, -0.1) is 0 Å². The average molecular weight is 266 g/mol. The zero-order chi connectivity index (χ0) is 14.3. The molecule has 0 radical (unpaired) electrons. The van der Waals surface area contributed by atoms with Crippen molar-refractivity contribution in [1.82, 2.24) is 10.3 Å². The van der Waals surface area contributed by atoms with E-state index in [1.165, 1.54) is 18.3 Å². The van der Waals surface area contributed by atoms with Crippen molar-refractivity contribution in [2.45, 2.75) is 32.8 Å². The molecule has 1 heterocycles. The number of unbranched alkanes of at least 4 members (excludes halogenated alkanes) is 1. The molecule has 0 aliphatic heterocycles. The van der Waals surface area contributed by atoms with E-state index < -0.39 is 12.1 Å². The van der Waals surface area contributed by atoms with Crippen LogP contribution in [0.15, 0.2) is 18.3 Å². The number of aromatic nitrogens is 1. The first-order valence-corrected chi connectivity index (χ1v) is 6.18. The van der Waals surface area contributed by atoms with Gasteiger partial charge in [-0.25, -0.2) is 9.78 Å². The van der Waals surface area contributed by atoms with E-state index in [9.17, 15) is 9.59 Å². The van der Waals surface area contributed by atoms with Crippen LogP contribution in [0.5, 0.6) is 5.75 Å². The summed E-state index contributed by atoms with van der Waals surface area (Å²) in [4.78, 5) is 26.0. The SMILES string of the molecule is CCCCNC(=O)C(C)Oc1ccc(C(=O)O)nc1. The molecule has 1 atom stereocenters. The highest BCUT2D eigenvalue weighted by molar-refractivity contribution is 5.85. The summed E-state index contributed by atoms with van der Waals surface area (Å²) in [6.45, 7) is 4.30. The summed E-state index contributed by atoms with van der Waals surface area (Å²) >= 11 is 0. The van der Waals surface area contributed by atoms with Gasteiger partial charge in [-0.1, -0.05) is 13.3 Å². The standard InChI is InChI=1S/C13H18N2O4/c1-3-4-7-14-12(16)9(2)19-10-5-6-11(13(17)18)15-8-10/h5-6,8-9H,3-4,7H2,1-2H3,(H,14,16)(H,17,18). The summed E-state index contributed by atoms with van der Waals surface area (Å²) in [5, 5.41) is 11.5. The third-order valence-electron chi connectivity index (χ3n) is 2.47. The van der Waals surface area contributed by atoms with E-state index in [1.54, 1.807) is 6.92 Å². The average Bonchev–Trinajstić information content (AvgIpc) is 2.39. The van der Waals surface area contributed by atoms with Gasteiger partial charge in [-0.3, -0.25) is 4.79 Å². The molecular formula is C13H18N2O4. The zero-order valence-corrected chi connectivity index (χ0v) is 11.0. The van der Waals surface area contributed by atoms with E-state index in [0.717, 1.165) is 12.8 Å². The first kappa shape index (κ1) is 14.9. The minimum Gasteiger partial charge on any atom is -0.479 e. The quantitative estimate of drug-likeness (QED) is 0.729. The lowest BCUT2D eigenvalue weighted by Crippen LogP contribution is -2.36. The van der Waals surface area contributed by atoms with Gasteiger partial charge in [0.25, 0.3) is 5.91 Å². The maximum Gasteiger partial charge on any atom is 0.354 e. The summed E-state index contributed by atoms with van der Waals surface area (Å²) in [6, 6.07) is 2.81. The number of rotatable bonds is 7. The van der Waals surface area contributed by atoms with E-state index >= 15 is 0 Å². The molecule has 2 N–H and O–H groups in total. The molecule has 104 valence electrons. The van der Waals surface area contributed by atoms with Crippen LogP contribution in [0.25, 0.3) is 0 Å². The van der Waals surface area contributed by atoms with Gasteiger partial charge in [0.15, 0.2) is 6.10 Å². The third-order valence-corrected chi connectivity index (χ3v) is 2.47. The summed E-state index contributed by atoms with van der Waals surface area (Å²) in [7, 11) is 0. The number of carboxylic acid groups (broad SMARTS) is 1. The van der Waals surface area contributed by atoms with Crippen LogP contribution >= 0.6 is 0 Å². The van der Waals surface area contributed by atoms with Crippen LogP contribution in [0.1, 0.15) is 37.2 Å². The van der Waals surface area contributed by atoms with Crippen LogP contribution in [0.2, 0.25) is 0 Å². The molecule has 0 aliphatic rings. The van der Waals surface area contributed by atoms with Crippen molar-refractivity contribution in [3.8, 4) is 5.75 Å². The highest BCUT2D eigenvalue weighted by Crippen LogP contribution is 2.11. The Morgan fingerprint density at radius 1 is 1.47 bits per heavy atom. The summed E-state index contributed by atoms with van der Waals surface area (Å²) in [5.41, 5.74) is -0.0626. The number of ether oxygens (including phenoxy) is 1. The molecule has 0 aliphatic carbocycles. The molecule has 0 bridgehead atoms. The first-order valence-electron chi connectivity index (χ1n) is 6.18. The highest BCUT2D eigenvalue weighted by atomic mass is 16.5. The number of aromatic carboxylic acids is 1. The van der Waals surface area contributed by atoms with Crippen molar-refractivity contribution < 1.29 is 19.4 Å². The molecular weight excluding hydrogens is 248 g/mol. The number of hydrogen-bond donors (Lipinski definition) is 2. The topological polar surface area (TPSA) is 88.5 Å². The minimum absolute atomic E-state index is 0.0626. The third kappa shape index (κ3) is 4.95. The molecule has 0 fully saturated rings. The maximum absolute atomic E-state index is 11.6. The van der Waals surface area contributed by atoms with Gasteiger partial charge in [-0.2, -0.15) is 0 Å². The fraction of sp³-hybridized carbons (Fsp3) is 0.462. The number of hydrogen-bond acceptors (Lipinski definition) is 4. The molecule has 0 saturated heterocycles. The van der Waals surface area contributed by atoms with Gasteiger partial charge in [0, 0.05) is 6.54 Å². The van der Waals surface area contributed by atoms with Crippen molar-refractivity contribution in [3.05, 3.63) is 24.0 Å². The second-order valence-electron chi connectivity index (χ2n) is 4.09. The Bertz CT molecular complexity index is 431. The molecule has 0 aromatic carbocycles. The number of amides is 1. The molecule has 1 aromatic rings. The number of nitrogens with one attached hydrogen (secondary N) is 1. The Labute approximate surface area is 111 Å². The molecule has 1 aromatic heterocycles. The van der Waals surface area contributed by atoms with Crippen LogP contribution in [0, 0.1) is 0 Å². The van der Waals surface area contributed by atoms with Gasteiger partial charge in [0.2, 0.25) is 0 Å². The van der Waals surface area contributed by atoms with E-state index in [0.29, 0.717) is 12.3 Å². The highest BCUT2D eigenvalue weighted by Gasteiger charge is 2.14. The number of carboxylic acids is 1. The maximum atomic E-state index is 11.6. The van der Waals surface area contributed by atoms with Crippen LogP contribution in [-0.2, 0) is 4.79 Å². The number of nitrogens with zero attached hydrogens (tertiary/aromatic N) is 1. The van der Waals surface area contributed by atoms with E-state index in [1.807, 2.05) is 6.92 Å². The smallest absolute Gasteiger partial charge is 0.354 e. The number of carbonyl (C=O) groups is 2. The monoisotopic (exact) mass is 266 g/mol. The van der Waals surface area contributed by atoms with Gasteiger partial charge in [0.1, 0.15) is 11.4 Å². The normalized spacial score (nSPS) is 11.7. The molecule has 1 unspecified atom stereocenters. The van der Waals surface area contributed by atoms with Gasteiger partial charge >= 0.3 is 5.97 Å². The summed E-state index contributed by atoms with van der Waals surface area (Å²) in [5.74, 6) is -0.934. The fourth-order valence-corrected chi connectivity index (χ4v) is 1.37. The molecule has 1 amide bonds. The van der Waals surface area contributed by atoms with E-state index in [2.05, 4.69) is 10.3 Å². The first-order chi connectivity index (χ1) is 9.04. The Hall–Kier alpha value is -2.11. The largest absolute Gasteiger partial charge is 0.479 e. The van der Waals surface area contributed by atoms with Crippen LogP contribution in [-0.4, -0.2) is 34.6 Å². The minimum atomic E-state index is -1.10. The predicted molar refractivity (Wildman–Crippen MR) is 69.2 cm³/mol. The lowest BCUT2D eigenvalue weighted by Gasteiger charge is -2.14. The second-order valence-corrected chi connectivity index (χ2v) is 4.09. The molecule has 6 nitrogen and oxygen atoms in total. The predicted octanol–water partition coefficient (Wildman–Crippen LogP) is 1.46. The lowest BCUT2D eigenvalue weighted by molar-refractivity contribution is -0.127. The van der Waals surface area contributed by atoms with Gasteiger partial charge < -0.3 is 15.2 Å². The van der Waals surface area contributed by atoms with Crippen LogP contribution in [0.3, 0.4) is 0 Å². The Morgan fingerprint density at radius 3 is 2.74 bits per heavy atom.